The van der Waals surface area contributed by atoms with E-state index in [2.05, 4.69) is 60.9 Å². The van der Waals surface area contributed by atoms with Gasteiger partial charge in [0, 0.05) is 12.3 Å². The molecule has 3 aromatic carbocycles. The molecule has 162 valence electrons. The number of rotatable bonds is 11. The van der Waals surface area contributed by atoms with E-state index in [0.717, 1.165) is 36.0 Å². The molecular weight excluding hydrogens is 402 g/mol. The summed E-state index contributed by atoms with van der Waals surface area (Å²) in [5, 5.41) is 10.2. The Morgan fingerprint density at radius 2 is 1.26 bits per heavy atom. The molecule has 3 rings (SSSR count). The number of carbonyl (C=O) groups is 1. The second kappa shape index (κ2) is 11.2. The predicted molar refractivity (Wildman–Crippen MR) is 131 cm³/mol. The van der Waals surface area contributed by atoms with Crippen LogP contribution >= 0.6 is 12.6 Å². The predicted octanol–water partition coefficient (Wildman–Crippen LogP) is 5.85. The van der Waals surface area contributed by atoms with Crippen molar-refractivity contribution in [1.82, 2.24) is 4.90 Å². The van der Waals surface area contributed by atoms with E-state index in [0.29, 0.717) is 6.54 Å². The maximum Gasteiger partial charge on any atom is 0.321 e. The third-order valence-electron chi connectivity index (χ3n) is 5.84. The Labute approximate surface area is 191 Å². The average Bonchev–Trinajstić information content (AvgIpc) is 2.82. The highest BCUT2D eigenvalue weighted by Gasteiger charge is 2.46. The first-order chi connectivity index (χ1) is 15.2. The first kappa shape index (κ1) is 23.1. The van der Waals surface area contributed by atoms with Crippen LogP contribution in [0.4, 0.5) is 0 Å². The van der Waals surface area contributed by atoms with Gasteiger partial charge < -0.3 is 5.11 Å². The van der Waals surface area contributed by atoms with E-state index >= 15 is 0 Å². The SMILES string of the molecule is CCCCCN([C@@H](CS)C(=O)O)C(c1ccccc1)(c1ccccc1)c1ccccc1. The smallest absolute Gasteiger partial charge is 0.321 e. The second-order valence-electron chi connectivity index (χ2n) is 7.75. The van der Waals surface area contributed by atoms with Crippen LogP contribution in [0.25, 0.3) is 0 Å². The quantitative estimate of drug-likeness (QED) is 0.226. The summed E-state index contributed by atoms with van der Waals surface area (Å²) in [6.07, 6.45) is 3.04. The van der Waals surface area contributed by atoms with Gasteiger partial charge in [0.1, 0.15) is 6.04 Å². The molecule has 3 aromatic rings. The number of unbranched alkanes of at least 4 members (excludes halogenated alkanes) is 2. The van der Waals surface area contributed by atoms with Crippen LogP contribution in [0, 0.1) is 0 Å². The van der Waals surface area contributed by atoms with Crippen molar-refractivity contribution in [3.05, 3.63) is 108 Å². The molecule has 0 aliphatic carbocycles. The highest BCUT2D eigenvalue weighted by molar-refractivity contribution is 7.80. The molecule has 0 bridgehead atoms. The third-order valence-corrected chi connectivity index (χ3v) is 6.19. The maximum absolute atomic E-state index is 12.5. The van der Waals surface area contributed by atoms with Crippen molar-refractivity contribution < 1.29 is 9.90 Å². The molecule has 1 atom stereocenters. The van der Waals surface area contributed by atoms with Crippen molar-refractivity contribution in [2.45, 2.75) is 37.8 Å². The molecule has 0 spiro atoms. The van der Waals surface area contributed by atoms with Gasteiger partial charge in [0.25, 0.3) is 0 Å². The molecule has 3 nitrogen and oxygen atoms in total. The summed E-state index contributed by atoms with van der Waals surface area (Å²) in [5.74, 6) is -0.617. The Morgan fingerprint density at radius 1 is 0.839 bits per heavy atom. The highest BCUT2D eigenvalue weighted by Crippen LogP contribution is 2.43. The third kappa shape index (κ3) is 4.86. The Balaban J connectivity index is 2.37. The van der Waals surface area contributed by atoms with E-state index in [4.69, 9.17) is 0 Å². The second-order valence-corrected chi connectivity index (χ2v) is 8.11. The van der Waals surface area contributed by atoms with Gasteiger partial charge in [-0.25, -0.2) is 0 Å². The monoisotopic (exact) mass is 433 g/mol. The molecule has 0 fully saturated rings. The van der Waals surface area contributed by atoms with Crippen LogP contribution in [0.3, 0.4) is 0 Å². The van der Waals surface area contributed by atoms with Gasteiger partial charge in [0.15, 0.2) is 0 Å². The minimum atomic E-state index is -0.848. The fourth-order valence-corrected chi connectivity index (χ4v) is 4.79. The first-order valence-corrected chi connectivity index (χ1v) is 11.6. The Hall–Kier alpha value is -2.56. The Morgan fingerprint density at radius 3 is 1.58 bits per heavy atom. The summed E-state index contributed by atoms with van der Waals surface area (Å²) < 4.78 is 0. The summed E-state index contributed by atoms with van der Waals surface area (Å²) in [4.78, 5) is 14.6. The van der Waals surface area contributed by atoms with Crippen LogP contribution in [0.1, 0.15) is 42.9 Å². The van der Waals surface area contributed by atoms with Gasteiger partial charge in [-0.15, -0.1) is 0 Å². The number of thiol groups is 1. The number of benzene rings is 3. The summed E-state index contributed by atoms with van der Waals surface area (Å²) in [6.45, 7) is 2.82. The van der Waals surface area contributed by atoms with E-state index in [1.54, 1.807) is 0 Å². The summed E-state index contributed by atoms with van der Waals surface area (Å²) in [5.41, 5.74) is 2.41. The molecule has 0 heterocycles. The number of aliphatic carboxylic acids is 1. The molecule has 1 N–H and O–H groups in total. The molecular formula is C27H31NO2S. The van der Waals surface area contributed by atoms with Crippen LogP contribution in [0.5, 0.6) is 0 Å². The van der Waals surface area contributed by atoms with Crippen LogP contribution in [-0.4, -0.2) is 34.3 Å². The van der Waals surface area contributed by atoms with Crippen molar-refractivity contribution in [3.63, 3.8) is 0 Å². The lowest BCUT2D eigenvalue weighted by Gasteiger charge is -2.48. The van der Waals surface area contributed by atoms with Crippen molar-refractivity contribution in [2.24, 2.45) is 0 Å². The fraction of sp³-hybridized carbons (Fsp3) is 0.296. The lowest BCUT2D eigenvalue weighted by Crippen LogP contribution is -2.56. The van der Waals surface area contributed by atoms with Crippen molar-refractivity contribution >= 4 is 18.6 Å². The van der Waals surface area contributed by atoms with Crippen molar-refractivity contribution in [3.8, 4) is 0 Å². The zero-order valence-corrected chi connectivity index (χ0v) is 18.9. The van der Waals surface area contributed by atoms with Gasteiger partial charge in [-0.2, -0.15) is 12.6 Å². The molecule has 4 heteroatoms. The first-order valence-electron chi connectivity index (χ1n) is 10.9. The van der Waals surface area contributed by atoms with E-state index in [1.165, 1.54) is 0 Å². The topological polar surface area (TPSA) is 40.5 Å². The highest BCUT2D eigenvalue weighted by atomic mass is 32.1. The van der Waals surface area contributed by atoms with Gasteiger partial charge in [-0.1, -0.05) is 111 Å². The fourth-order valence-electron chi connectivity index (χ4n) is 4.43. The molecule has 0 saturated heterocycles. The van der Waals surface area contributed by atoms with Gasteiger partial charge in [-0.3, -0.25) is 9.69 Å². The van der Waals surface area contributed by atoms with Crippen LogP contribution < -0.4 is 0 Å². The normalized spacial score (nSPS) is 12.6. The Kier molecular flexibility index (Phi) is 8.33. The standard InChI is InChI=1S/C27H31NO2S/c1-2-3-13-20-28(25(21-31)26(29)30)27(22-14-7-4-8-15-22,23-16-9-5-10-17-23)24-18-11-6-12-19-24/h4-12,14-19,25,31H,2-3,13,20-21H2,1H3,(H,29,30)/t25-/m0/s1. The lowest BCUT2D eigenvalue weighted by atomic mass is 9.74. The minimum Gasteiger partial charge on any atom is -0.480 e. The van der Waals surface area contributed by atoms with Gasteiger partial charge in [0.05, 0.1) is 5.54 Å². The van der Waals surface area contributed by atoms with E-state index in [1.807, 2.05) is 54.6 Å². The molecule has 0 unspecified atom stereocenters. The minimum absolute atomic E-state index is 0.232. The van der Waals surface area contributed by atoms with Gasteiger partial charge >= 0.3 is 5.97 Å². The maximum atomic E-state index is 12.5. The molecule has 0 aliphatic rings. The molecule has 0 radical (unpaired) electrons. The van der Waals surface area contributed by atoms with Crippen LogP contribution in [-0.2, 0) is 10.3 Å². The summed E-state index contributed by atoms with van der Waals surface area (Å²) >= 11 is 4.49. The molecule has 0 aliphatic heterocycles. The lowest BCUT2D eigenvalue weighted by molar-refractivity contribution is -0.144. The summed E-state index contributed by atoms with van der Waals surface area (Å²) in [6, 6.07) is 30.0. The van der Waals surface area contributed by atoms with Gasteiger partial charge in [0.2, 0.25) is 0 Å². The largest absolute Gasteiger partial charge is 0.480 e. The van der Waals surface area contributed by atoms with Gasteiger partial charge in [-0.05, 0) is 23.1 Å². The molecule has 31 heavy (non-hydrogen) atoms. The van der Waals surface area contributed by atoms with Crippen LogP contribution in [0.15, 0.2) is 91.0 Å². The van der Waals surface area contributed by atoms with Crippen LogP contribution in [0.2, 0.25) is 0 Å². The van der Waals surface area contributed by atoms with E-state index in [-0.39, 0.29) is 5.75 Å². The average molecular weight is 434 g/mol. The molecule has 0 saturated carbocycles. The Bertz CT molecular complexity index is 835. The van der Waals surface area contributed by atoms with E-state index < -0.39 is 17.6 Å². The van der Waals surface area contributed by atoms with Crippen molar-refractivity contribution in [1.29, 1.82) is 0 Å². The van der Waals surface area contributed by atoms with Crippen molar-refractivity contribution in [2.75, 3.05) is 12.3 Å². The number of hydrogen-bond acceptors (Lipinski definition) is 3. The zero-order valence-electron chi connectivity index (χ0n) is 18.0. The number of hydrogen-bond donors (Lipinski definition) is 2. The number of carboxylic acids is 1. The van der Waals surface area contributed by atoms with E-state index in [9.17, 15) is 9.90 Å². The number of nitrogens with zero attached hydrogens (tertiary/aromatic N) is 1. The summed E-state index contributed by atoms with van der Waals surface area (Å²) in [7, 11) is 0. The number of carboxylic acid groups (broad SMARTS) is 1. The molecule has 0 amide bonds. The zero-order chi connectivity index (χ0) is 22.1. The molecule has 0 aromatic heterocycles.